The highest BCUT2D eigenvalue weighted by molar-refractivity contribution is 5.56. The van der Waals surface area contributed by atoms with Crippen LogP contribution in [0.3, 0.4) is 0 Å². The van der Waals surface area contributed by atoms with E-state index in [0.717, 1.165) is 0 Å². The second kappa shape index (κ2) is 5.00. The minimum atomic E-state index is -0.487. The third-order valence-electron chi connectivity index (χ3n) is 2.58. The molecular weight excluding hydrogens is 235 g/mol. The summed E-state index contributed by atoms with van der Waals surface area (Å²) in [5, 5.41) is 0. The van der Waals surface area contributed by atoms with Crippen molar-refractivity contribution in [2.75, 3.05) is 7.11 Å². The van der Waals surface area contributed by atoms with E-state index in [1.54, 1.807) is 6.07 Å². The second-order valence-electron chi connectivity index (χ2n) is 3.79. The maximum atomic E-state index is 13.6. The number of halogens is 1. The van der Waals surface area contributed by atoms with Gasteiger partial charge < -0.3 is 9.72 Å². The molecule has 1 aromatic carbocycles. The maximum absolute atomic E-state index is 13.6. The highest BCUT2D eigenvalue weighted by atomic mass is 19.1. The number of hydrogen-bond acceptors (Lipinski definition) is 3. The van der Waals surface area contributed by atoms with Crippen molar-refractivity contribution in [3.63, 3.8) is 0 Å². The number of rotatable bonds is 3. The zero-order chi connectivity index (χ0) is 13.1. The molecule has 0 aliphatic carbocycles. The first kappa shape index (κ1) is 12.3. The molecule has 4 nitrogen and oxygen atoms in total. The van der Waals surface area contributed by atoms with Gasteiger partial charge in [0.15, 0.2) is 11.6 Å². The number of ether oxygens (including phenoxy) is 1. The van der Waals surface area contributed by atoms with Gasteiger partial charge in [-0.05, 0) is 24.6 Å². The molecule has 0 aliphatic rings. The van der Waals surface area contributed by atoms with Gasteiger partial charge in [0.05, 0.1) is 7.11 Å². The van der Waals surface area contributed by atoms with Crippen molar-refractivity contribution in [1.29, 1.82) is 0 Å². The molecule has 0 atom stereocenters. The van der Waals surface area contributed by atoms with Crippen molar-refractivity contribution >= 4 is 0 Å². The summed E-state index contributed by atoms with van der Waals surface area (Å²) in [5.41, 5.74) is 0.943. The lowest BCUT2D eigenvalue weighted by atomic mass is 10.2. The van der Waals surface area contributed by atoms with Crippen molar-refractivity contribution in [3.8, 4) is 17.1 Å². The molecule has 18 heavy (non-hydrogen) atoms. The lowest BCUT2D eigenvalue weighted by molar-refractivity contribution is 0.386. The number of methoxy groups -OCH3 is 1. The Kier molecular flexibility index (Phi) is 3.41. The van der Waals surface area contributed by atoms with E-state index in [0.29, 0.717) is 23.5 Å². The predicted molar refractivity (Wildman–Crippen MR) is 66.2 cm³/mol. The Morgan fingerprint density at radius 2 is 2.17 bits per heavy atom. The molecule has 0 saturated carbocycles. The SMILES string of the molecule is CCc1cc(=O)[nH]c(-c2ccc(OC)c(F)c2)n1. The smallest absolute Gasteiger partial charge is 0.251 e. The molecule has 2 aromatic rings. The lowest BCUT2D eigenvalue weighted by Gasteiger charge is -2.05. The van der Waals surface area contributed by atoms with Crippen LogP contribution in [0, 0.1) is 5.82 Å². The van der Waals surface area contributed by atoms with E-state index in [9.17, 15) is 9.18 Å². The summed E-state index contributed by atoms with van der Waals surface area (Å²) in [6.07, 6.45) is 0.648. The molecule has 0 aliphatic heterocycles. The number of hydrogen-bond donors (Lipinski definition) is 1. The van der Waals surface area contributed by atoms with E-state index in [2.05, 4.69) is 9.97 Å². The Bertz CT molecular complexity index is 623. The van der Waals surface area contributed by atoms with Gasteiger partial charge in [-0.15, -0.1) is 0 Å². The summed E-state index contributed by atoms with van der Waals surface area (Å²) < 4.78 is 18.4. The molecule has 94 valence electrons. The minimum absolute atomic E-state index is 0.160. The van der Waals surface area contributed by atoms with Crippen LogP contribution in [-0.2, 0) is 6.42 Å². The molecule has 0 radical (unpaired) electrons. The summed E-state index contributed by atoms with van der Waals surface area (Å²) in [5.74, 6) is 0.0354. The fourth-order valence-electron chi connectivity index (χ4n) is 1.64. The summed E-state index contributed by atoms with van der Waals surface area (Å²) in [4.78, 5) is 18.3. The molecule has 1 N–H and O–H groups in total. The van der Waals surface area contributed by atoms with Gasteiger partial charge in [0.25, 0.3) is 5.56 Å². The molecule has 2 rings (SSSR count). The van der Waals surface area contributed by atoms with Crippen LogP contribution in [-0.4, -0.2) is 17.1 Å². The molecule has 1 heterocycles. The van der Waals surface area contributed by atoms with Gasteiger partial charge >= 0.3 is 0 Å². The van der Waals surface area contributed by atoms with Crippen LogP contribution in [0.25, 0.3) is 11.4 Å². The minimum Gasteiger partial charge on any atom is -0.494 e. The number of aromatic amines is 1. The first-order chi connectivity index (χ1) is 8.63. The Balaban J connectivity index is 2.51. The molecule has 0 bridgehead atoms. The van der Waals surface area contributed by atoms with E-state index in [1.165, 1.54) is 25.3 Å². The van der Waals surface area contributed by atoms with Crippen LogP contribution in [0.1, 0.15) is 12.6 Å². The highest BCUT2D eigenvalue weighted by Crippen LogP contribution is 2.22. The molecule has 5 heteroatoms. The zero-order valence-electron chi connectivity index (χ0n) is 10.2. The monoisotopic (exact) mass is 248 g/mol. The summed E-state index contributed by atoms with van der Waals surface area (Å²) in [7, 11) is 1.40. The molecule has 1 aromatic heterocycles. The van der Waals surface area contributed by atoms with Crippen molar-refractivity contribution < 1.29 is 9.13 Å². The quantitative estimate of drug-likeness (QED) is 0.905. The maximum Gasteiger partial charge on any atom is 0.251 e. The molecule has 0 spiro atoms. The van der Waals surface area contributed by atoms with Crippen LogP contribution in [0.5, 0.6) is 5.75 Å². The fraction of sp³-hybridized carbons (Fsp3) is 0.231. The first-order valence-corrected chi connectivity index (χ1v) is 5.58. The van der Waals surface area contributed by atoms with Gasteiger partial charge in [-0.1, -0.05) is 6.92 Å². The largest absolute Gasteiger partial charge is 0.494 e. The zero-order valence-corrected chi connectivity index (χ0v) is 10.2. The standard InChI is InChI=1S/C13H13FN2O2/c1-3-9-7-12(17)16-13(15-9)8-4-5-11(18-2)10(14)6-8/h4-7H,3H2,1-2H3,(H,15,16,17). The van der Waals surface area contributed by atoms with Crippen LogP contribution in [0.4, 0.5) is 4.39 Å². The second-order valence-corrected chi connectivity index (χ2v) is 3.79. The summed E-state index contributed by atoms with van der Waals surface area (Å²) >= 11 is 0. The number of aryl methyl sites for hydroxylation is 1. The van der Waals surface area contributed by atoms with Crippen molar-refractivity contribution in [2.24, 2.45) is 0 Å². The fourth-order valence-corrected chi connectivity index (χ4v) is 1.64. The van der Waals surface area contributed by atoms with E-state index in [-0.39, 0.29) is 11.3 Å². The Morgan fingerprint density at radius 1 is 1.39 bits per heavy atom. The van der Waals surface area contributed by atoms with Crippen LogP contribution < -0.4 is 10.3 Å². The topological polar surface area (TPSA) is 55.0 Å². The van der Waals surface area contributed by atoms with E-state index in [1.807, 2.05) is 6.92 Å². The summed E-state index contributed by atoms with van der Waals surface area (Å²) in [6.45, 7) is 1.90. The average Bonchev–Trinajstić information content (AvgIpc) is 2.37. The Hall–Kier alpha value is -2.17. The van der Waals surface area contributed by atoms with Gasteiger partial charge in [0.1, 0.15) is 5.82 Å². The Labute approximate surface area is 103 Å². The first-order valence-electron chi connectivity index (χ1n) is 5.58. The van der Waals surface area contributed by atoms with Gasteiger partial charge in [-0.3, -0.25) is 4.79 Å². The van der Waals surface area contributed by atoms with Crippen LogP contribution in [0.15, 0.2) is 29.1 Å². The number of nitrogens with zero attached hydrogens (tertiary/aromatic N) is 1. The van der Waals surface area contributed by atoms with E-state index >= 15 is 0 Å². The number of benzene rings is 1. The number of H-pyrrole nitrogens is 1. The molecule has 0 amide bonds. The molecule has 0 fully saturated rings. The van der Waals surface area contributed by atoms with Crippen molar-refractivity contribution in [1.82, 2.24) is 9.97 Å². The predicted octanol–water partition coefficient (Wildman–Crippen LogP) is 2.15. The Morgan fingerprint density at radius 3 is 2.78 bits per heavy atom. The third-order valence-corrected chi connectivity index (χ3v) is 2.58. The average molecular weight is 248 g/mol. The lowest BCUT2D eigenvalue weighted by Crippen LogP contribution is -2.10. The van der Waals surface area contributed by atoms with Gasteiger partial charge in [0.2, 0.25) is 0 Å². The van der Waals surface area contributed by atoms with Crippen LogP contribution in [0.2, 0.25) is 0 Å². The van der Waals surface area contributed by atoms with Crippen LogP contribution >= 0.6 is 0 Å². The van der Waals surface area contributed by atoms with Gasteiger partial charge in [-0.25, -0.2) is 9.37 Å². The van der Waals surface area contributed by atoms with Crippen molar-refractivity contribution in [3.05, 3.63) is 46.1 Å². The van der Waals surface area contributed by atoms with Crippen molar-refractivity contribution in [2.45, 2.75) is 13.3 Å². The highest BCUT2D eigenvalue weighted by Gasteiger charge is 2.08. The molecular formula is C13H13FN2O2. The number of aromatic nitrogens is 2. The van der Waals surface area contributed by atoms with Gasteiger partial charge in [-0.2, -0.15) is 0 Å². The summed E-state index contributed by atoms with van der Waals surface area (Å²) in [6, 6.07) is 5.88. The molecule has 0 unspecified atom stereocenters. The molecule has 0 saturated heterocycles. The third kappa shape index (κ3) is 2.40. The van der Waals surface area contributed by atoms with E-state index in [4.69, 9.17) is 4.74 Å². The number of nitrogens with one attached hydrogen (secondary N) is 1. The van der Waals surface area contributed by atoms with E-state index < -0.39 is 5.82 Å². The normalized spacial score (nSPS) is 10.4. The van der Waals surface area contributed by atoms with Gasteiger partial charge in [0, 0.05) is 17.3 Å².